The van der Waals surface area contributed by atoms with Gasteiger partial charge >= 0.3 is 0 Å². The average Bonchev–Trinajstić information content (AvgIpc) is 2.68. The average molecular weight is 230 g/mol. The summed E-state index contributed by atoms with van der Waals surface area (Å²) in [6, 6.07) is 10.8. The minimum atomic E-state index is 0.326. The molecule has 0 spiro atoms. The van der Waals surface area contributed by atoms with Crippen LogP contribution in [0.4, 0.5) is 0 Å². The number of likely N-dealkylation sites (tertiary alicyclic amines) is 1. The molecule has 90 valence electrons. The Kier molecular flexibility index (Phi) is 2.85. The second kappa shape index (κ2) is 4.49. The van der Waals surface area contributed by atoms with Crippen LogP contribution in [0.25, 0.3) is 0 Å². The van der Waals surface area contributed by atoms with Gasteiger partial charge < -0.3 is 10.2 Å². The fourth-order valence-electron chi connectivity index (χ4n) is 3.04. The van der Waals surface area contributed by atoms with Gasteiger partial charge in [-0.3, -0.25) is 4.79 Å². The molecule has 1 amide bonds. The Balaban J connectivity index is 1.76. The van der Waals surface area contributed by atoms with Gasteiger partial charge in [0.05, 0.1) is 0 Å². The first kappa shape index (κ1) is 10.8. The Bertz CT molecular complexity index is 404. The van der Waals surface area contributed by atoms with E-state index in [1.807, 2.05) is 18.2 Å². The number of fused-ring (bicyclic) bond motifs is 1. The van der Waals surface area contributed by atoms with Gasteiger partial charge in [-0.1, -0.05) is 30.3 Å². The van der Waals surface area contributed by atoms with Crippen LogP contribution in [0.2, 0.25) is 0 Å². The molecule has 2 atom stereocenters. The summed E-state index contributed by atoms with van der Waals surface area (Å²) >= 11 is 0. The molecule has 3 heteroatoms. The third-order valence-electron chi connectivity index (χ3n) is 3.92. The van der Waals surface area contributed by atoms with Gasteiger partial charge in [-0.05, 0) is 18.5 Å². The van der Waals surface area contributed by atoms with E-state index in [9.17, 15) is 4.79 Å². The zero-order valence-electron chi connectivity index (χ0n) is 9.93. The first-order valence-electron chi connectivity index (χ1n) is 6.39. The molecule has 2 saturated heterocycles. The highest BCUT2D eigenvalue weighted by molar-refractivity contribution is 5.79. The van der Waals surface area contributed by atoms with E-state index >= 15 is 0 Å². The van der Waals surface area contributed by atoms with E-state index < -0.39 is 0 Å². The molecule has 1 aromatic carbocycles. The van der Waals surface area contributed by atoms with E-state index in [-0.39, 0.29) is 0 Å². The number of nitrogens with zero attached hydrogens (tertiary/aromatic N) is 1. The van der Waals surface area contributed by atoms with Gasteiger partial charge in [-0.2, -0.15) is 0 Å². The lowest BCUT2D eigenvalue weighted by Gasteiger charge is -2.32. The third-order valence-corrected chi connectivity index (χ3v) is 3.92. The van der Waals surface area contributed by atoms with Crippen LogP contribution >= 0.6 is 0 Å². The fourth-order valence-corrected chi connectivity index (χ4v) is 3.04. The molecule has 0 radical (unpaired) electrons. The van der Waals surface area contributed by atoms with Crippen LogP contribution in [0.15, 0.2) is 30.3 Å². The highest BCUT2D eigenvalue weighted by Crippen LogP contribution is 2.30. The Hall–Kier alpha value is -1.35. The van der Waals surface area contributed by atoms with E-state index in [1.54, 1.807) is 0 Å². The van der Waals surface area contributed by atoms with Gasteiger partial charge in [-0.15, -0.1) is 0 Å². The lowest BCUT2D eigenvalue weighted by Crippen LogP contribution is -2.43. The zero-order chi connectivity index (χ0) is 11.7. The highest BCUT2D eigenvalue weighted by Gasteiger charge is 2.40. The highest BCUT2D eigenvalue weighted by atomic mass is 16.2. The molecule has 1 aromatic rings. The number of amides is 1. The maximum Gasteiger partial charge on any atom is 0.223 e. The lowest BCUT2D eigenvalue weighted by atomic mass is 9.94. The second-order valence-corrected chi connectivity index (χ2v) is 5.03. The summed E-state index contributed by atoms with van der Waals surface area (Å²) < 4.78 is 0. The van der Waals surface area contributed by atoms with Crippen molar-refractivity contribution < 1.29 is 4.79 Å². The van der Waals surface area contributed by atoms with E-state index in [0.29, 0.717) is 17.9 Å². The standard InChI is InChI=1S/C14H18N2O/c17-14-8-12-9-15-7-6-13(12)16(14)10-11-4-2-1-3-5-11/h1-5,12-13,15H,6-10H2/t12-,13-/m1/s1. The number of benzene rings is 1. The number of piperidine rings is 1. The quantitative estimate of drug-likeness (QED) is 0.833. The van der Waals surface area contributed by atoms with Crippen LogP contribution in [-0.2, 0) is 11.3 Å². The van der Waals surface area contributed by atoms with E-state index in [2.05, 4.69) is 22.3 Å². The maximum atomic E-state index is 12.0. The summed E-state index contributed by atoms with van der Waals surface area (Å²) in [5.41, 5.74) is 1.24. The molecule has 1 N–H and O–H groups in total. The summed E-state index contributed by atoms with van der Waals surface area (Å²) in [7, 11) is 0. The van der Waals surface area contributed by atoms with Crippen LogP contribution in [0.1, 0.15) is 18.4 Å². The van der Waals surface area contributed by atoms with Crippen LogP contribution in [0.3, 0.4) is 0 Å². The molecule has 0 aliphatic carbocycles. The fraction of sp³-hybridized carbons (Fsp3) is 0.500. The first-order chi connectivity index (χ1) is 8.34. The second-order valence-electron chi connectivity index (χ2n) is 5.03. The number of hydrogen-bond acceptors (Lipinski definition) is 2. The molecular weight excluding hydrogens is 212 g/mol. The Morgan fingerprint density at radius 1 is 1.29 bits per heavy atom. The maximum absolute atomic E-state index is 12.0. The summed E-state index contributed by atoms with van der Waals surface area (Å²) in [5, 5.41) is 3.38. The van der Waals surface area contributed by atoms with Gasteiger partial charge in [0, 0.05) is 31.5 Å². The van der Waals surface area contributed by atoms with Crippen molar-refractivity contribution in [1.29, 1.82) is 0 Å². The molecule has 3 rings (SSSR count). The smallest absolute Gasteiger partial charge is 0.223 e. The molecule has 2 aliphatic rings. The van der Waals surface area contributed by atoms with Gasteiger partial charge in [0.2, 0.25) is 5.91 Å². The predicted octanol–water partition coefficient (Wildman–Crippen LogP) is 1.40. The molecule has 2 heterocycles. The normalized spacial score (nSPS) is 28.2. The van der Waals surface area contributed by atoms with Gasteiger partial charge in [-0.25, -0.2) is 0 Å². The predicted molar refractivity (Wildman–Crippen MR) is 66.4 cm³/mol. The van der Waals surface area contributed by atoms with Crippen LogP contribution < -0.4 is 5.32 Å². The molecular formula is C14H18N2O. The zero-order valence-corrected chi connectivity index (χ0v) is 9.93. The van der Waals surface area contributed by atoms with Crippen LogP contribution in [0, 0.1) is 5.92 Å². The molecule has 17 heavy (non-hydrogen) atoms. The van der Waals surface area contributed by atoms with Crippen molar-refractivity contribution >= 4 is 5.91 Å². The van der Waals surface area contributed by atoms with E-state index in [1.165, 1.54) is 5.56 Å². The summed E-state index contributed by atoms with van der Waals surface area (Å²) in [6.07, 6.45) is 1.83. The SMILES string of the molecule is O=C1C[C@@H]2CNCC[C@H]2N1Cc1ccccc1. The van der Waals surface area contributed by atoms with Crippen LogP contribution in [-0.4, -0.2) is 29.9 Å². The number of nitrogens with one attached hydrogen (secondary N) is 1. The van der Waals surface area contributed by atoms with Crippen molar-refractivity contribution in [3.8, 4) is 0 Å². The van der Waals surface area contributed by atoms with Crippen molar-refractivity contribution in [3.05, 3.63) is 35.9 Å². The molecule has 2 aliphatic heterocycles. The minimum Gasteiger partial charge on any atom is -0.335 e. The topological polar surface area (TPSA) is 32.3 Å². The summed E-state index contributed by atoms with van der Waals surface area (Å²) in [5.74, 6) is 0.854. The molecule has 0 bridgehead atoms. The number of carbonyl (C=O) groups excluding carboxylic acids is 1. The van der Waals surface area contributed by atoms with E-state index in [4.69, 9.17) is 0 Å². The Morgan fingerprint density at radius 3 is 2.94 bits per heavy atom. The van der Waals surface area contributed by atoms with Gasteiger partial charge in [0.25, 0.3) is 0 Å². The number of hydrogen-bond donors (Lipinski definition) is 1. The third kappa shape index (κ3) is 2.07. The molecule has 2 fully saturated rings. The largest absolute Gasteiger partial charge is 0.335 e. The summed E-state index contributed by atoms with van der Waals surface area (Å²) in [6.45, 7) is 2.82. The Labute approximate surface area is 102 Å². The lowest BCUT2D eigenvalue weighted by molar-refractivity contribution is -0.129. The number of carbonyl (C=O) groups is 1. The van der Waals surface area contributed by atoms with Gasteiger partial charge in [0.15, 0.2) is 0 Å². The molecule has 0 saturated carbocycles. The van der Waals surface area contributed by atoms with Crippen LogP contribution in [0.5, 0.6) is 0 Å². The number of rotatable bonds is 2. The van der Waals surface area contributed by atoms with Crippen molar-refractivity contribution in [2.24, 2.45) is 5.92 Å². The Morgan fingerprint density at radius 2 is 2.12 bits per heavy atom. The molecule has 0 aromatic heterocycles. The van der Waals surface area contributed by atoms with Crippen molar-refractivity contribution in [2.75, 3.05) is 13.1 Å². The molecule has 3 nitrogen and oxygen atoms in total. The minimum absolute atomic E-state index is 0.326. The monoisotopic (exact) mass is 230 g/mol. The van der Waals surface area contributed by atoms with Crippen molar-refractivity contribution in [2.45, 2.75) is 25.4 Å². The first-order valence-corrected chi connectivity index (χ1v) is 6.39. The molecule has 0 unspecified atom stereocenters. The van der Waals surface area contributed by atoms with Gasteiger partial charge in [0.1, 0.15) is 0 Å². The van der Waals surface area contributed by atoms with E-state index in [0.717, 1.165) is 32.5 Å². The van der Waals surface area contributed by atoms with Crippen molar-refractivity contribution in [1.82, 2.24) is 10.2 Å². The van der Waals surface area contributed by atoms with Crippen molar-refractivity contribution in [3.63, 3.8) is 0 Å². The summed E-state index contributed by atoms with van der Waals surface area (Å²) in [4.78, 5) is 14.1.